The molecule has 1 aromatic rings. The molecule has 0 amide bonds. The van der Waals surface area contributed by atoms with Crippen molar-refractivity contribution in [1.82, 2.24) is 4.90 Å². The number of allylic oxidation sites excluding steroid dienone is 4. The Balaban J connectivity index is 2.08. The molecule has 2 nitrogen and oxygen atoms in total. The van der Waals surface area contributed by atoms with Gasteiger partial charge >= 0.3 is 0 Å². The van der Waals surface area contributed by atoms with Gasteiger partial charge in [-0.2, -0.15) is 0 Å². The minimum Gasteiger partial charge on any atom is -0.398 e. The third-order valence-electron chi connectivity index (χ3n) is 4.79. The highest BCUT2D eigenvalue weighted by molar-refractivity contribution is 5.85. The molecule has 0 fully saturated rings. The normalized spacial score (nSPS) is 19.0. The van der Waals surface area contributed by atoms with Crippen molar-refractivity contribution in [2.45, 2.75) is 39.5 Å². The number of anilines is 1. The third-order valence-corrected chi connectivity index (χ3v) is 4.79. The van der Waals surface area contributed by atoms with E-state index in [0.29, 0.717) is 0 Å². The second-order valence-electron chi connectivity index (χ2n) is 6.04. The summed E-state index contributed by atoms with van der Waals surface area (Å²) in [7, 11) is 0. The van der Waals surface area contributed by atoms with Crippen molar-refractivity contribution in [2.75, 3.05) is 5.73 Å². The Morgan fingerprint density at radius 1 is 1.36 bits per heavy atom. The molecule has 0 spiro atoms. The lowest BCUT2D eigenvalue weighted by molar-refractivity contribution is 0.635. The molecule has 1 aliphatic carbocycles. The number of rotatable bonds is 3. The van der Waals surface area contributed by atoms with E-state index in [1.165, 1.54) is 40.8 Å². The summed E-state index contributed by atoms with van der Waals surface area (Å²) < 4.78 is 0. The van der Waals surface area contributed by atoms with E-state index >= 15 is 0 Å². The fourth-order valence-corrected chi connectivity index (χ4v) is 3.31. The van der Waals surface area contributed by atoms with E-state index in [-0.39, 0.29) is 0 Å². The van der Waals surface area contributed by atoms with Crippen LogP contribution in [0.3, 0.4) is 0 Å². The molecular weight excluding hydrogens is 268 g/mol. The third kappa shape index (κ3) is 2.39. The average Bonchev–Trinajstić information content (AvgIpc) is 3.03. The van der Waals surface area contributed by atoms with E-state index in [1.807, 2.05) is 6.20 Å². The Morgan fingerprint density at radius 2 is 2.18 bits per heavy atom. The van der Waals surface area contributed by atoms with Gasteiger partial charge in [0, 0.05) is 29.3 Å². The molecule has 22 heavy (non-hydrogen) atoms. The first-order valence-corrected chi connectivity index (χ1v) is 8.06. The summed E-state index contributed by atoms with van der Waals surface area (Å²) in [4.78, 5) is 2.08. The highest BCUT2D eigenvalue weighted by Gasteiger charge is 2.19. The van der Waals surface area contributed by atoms with Crippen LogP contribution in [0.5, 0.6) is 0 Å². The molecule has 2 N–H and O–H groups in total. The molecule has 0 saturated carbocycles. The van der Waals surface area contributed by atoms with Crippen LogP contribution in [0.2, 0.25) is 0 Å². The number of nitrogen functional groups attached to an aromatic ring is 1. The molecule has 1 aliphatic heterocycles. The van der Waals surface area contributed by atoms with E-state index < -0.39 is 0 Å². The van der Waals surface area contributed by atoms with Crippen molar-refractivity contribution in [3.05, 3.63) is 71.2 Å². The lowest BCUT2D eigenvalue weighted by Crippen LogP contribution is -2.13. The van der Waals surface area contributed by atoms with E-state index in [2.05, 4.69) is 55.8 Å². The van der Waals surface area contributed by atoms with Crippen LogP contribution in [0, 0.1) is 0 Å². The summed E-state index contributed by atoms with van der Waals surface area (Å²) in [5, 5.41) is 0. The molecule has 0 bridgehead atoms. The second-order valence-corrected chi connectivity index (χ2v) is 6.04. The van der Waals surface area contributed by atoms with Crippen LogP contribution in [-0.2, 0) is 12.8 Å². The molecule has 3 rings (SSSR count). The van der Waals surface area contributed by atoms with Gasteiger partial charge in [-0.05, 0) is 67.0 Å². The number of hydrogen-bond acceptors (Lipinski definition) is 2. The van der Waals surface area contributed by atoms with Crippen LogP contribution in [-0.4, -0.2) is 4.90 Å². The molecule has 0 atom stereocenters. The van der Waals surface area contributed by atoms with Crippen LogP contribution in [0.4, 0.5) is 5.69 Å². The van der Waals surface area contributed by atoms with Gasteiger partial charge < -0.3 is 10.6 Å². The summed E-state index contributed by atoms with van der Waals surface area (Å²) in [5.41, 5.74) is 15.1. The predicted octanol–water partition coefficient (Wildman–Crippen LogP) is 4.80. The van der Waals surface area contributed by atoms with Crippen molar-refractivity contribution < 1.29 is 0 Å². The highest BCUT2D eigenvalue weighted by atomic mass is 15.1. The quantitative estimate of drug-likeness (QED) is 0.811. The Kier molecular flexibility index (Phi) is 3.93. The number of hydrogen-bond donors (Lipinski definition) is 1. The van der Waals surface area contributed by atoms with Crippen LogP contribution < -0.4 is 5.73 Å². The topological polar surface area (TPSA) is 29.3 Å². The zero-order valence-corrected chi connectivity index (χ0v) is 13.5. The fraction of sp³-hybridized carbons (Fsp3) is 0.300. The van der Waals surface area contributed by atoms with Gasteiger partial charge in [0.2, 0.25) is 0 Å². The Labute approximate surface area is 133 Å². The summed E-state index contributed by atoms with van der Waals surface area (Å²) in [6.07, 6.45) is 12.8. The van der Waals surface area contributed by atoms with Gasteiger partial charge in [-0.15, -0.1) is 0 Å². The van der Waals surface area contributed by atoms with Gasteiger partial charge in [0.1, 0.15) is 0 Å². The number of fused-ring (bicyclic) bond motifs is 1. The lowest BCUT2D eigenvalue weighted by Gasteiger charge is -2.25. The summed E-state index contributed by atoms with van der Waals surface area (Å²) in [5.74, 6) is 0. The molecule has 0 unspecified atom stereocenters. The van der Waals surface area contributed by atoms with Gasteiger partial charge in [-0.1, -0.05) is 25.6 Å². The molecule has 114 valence electrons. The number of aryl methyl sites for hydroxylation is 1. The molecule has 2 heteroatoms. The largest absolute Gasteiger partial charge is 0.398 e. The number of nitrogens with zero attached hydrogens (tertiary/aromatic N) is 1. The maximum atomic E-state index is 6.46. The summed E-state index contributed by atoms with van der Waals surface area (Å²) in [6, 6.07) is 4.43. The maximum absolute atomic E-state index is 6.46. The van der Waals surface area contributed by atoms with Gasteiger partial charge in [0.05, 0.1) is 0 Å². The van der Waals surface area contributed by atoms with Crippen LogP contribution in [0.25, 0.3) is 5.57 Å². The molecule has 1 aromatic carbocycles. The molecule has 0 aromatic heterocycles. The van der Waals surface area contributed by atoms with Crippen molar-refractivity contribution in [1.29, 1.82) is 0 Å². The smallest absolute Gasteiger partial charge is 0.0444 e. The first-order valence-electron chi connectivity index (χ1n) is 8.06. The van der Waals surface area contributed by atoms with Crippen LogP contribution in [0.15, 0.2) is 54.5 Å². The zero-order chi connectivity index (χ0) is 15.7. The summed E-state index contributed by atoms with van der Waals surface area (Å²) in [6.45, 7) is 8.25. The lowest BCUT2D eigenvalue weighted by atomic mass is 9.95. The molecule has 1 heterocycles. The number of nitrogens with two attached hydrogens (primary N) is 1. The Bertz CT molecular complexity index is 705. The van der Waals surface area contributed by atoms with E-state index in [1.54, 1.807) is 0 Å². The van der Waals surface area contributed by atoms with Crippen molar-refractivity contribution in [3.63, 3.8) is 0 Å². The van der Waals surface area contributed by atoms with Gasteiger partial charge in [0.15, 0.2) is 0 Å². The second kappa shape index (κ2) is 5.88. The van der Waals surface area contributed by atoms with Crippen molar-refractivity contribution in [3.8, 4) is 0 Å². The highest BCUT2D eigenvalue weighted by Crippen LogP contribution is 2.36. The average molecular weight is 292 g/mol. The SMILES string of the molecule is C=CN1C=CC(c2ccc3c(c2N)CCC3)=CC1=C(C)CC. The van der Waals surface area contributed by atoms with Gasteiger partial charge in [-0.25, -0.2) is 0 Å². The first kappa shape index (κ1) is 14.7. The monoisotopic (exact) mass is 292 g/mol. The molecule has 0 radical (unpaired) electrons. The molecular formula is C20H24N2. The molecule has 0 saturated heterocycles. The van der Waals surface area contributed by atoms with E-state index in [0.717, 1.165) is 24.1 Å². The minimum atomic E-state index is 0.964. The fourth-order valence-electron chi connectivity index (χ4n) is 3.31. The predicted molar refractivity (Wildman–Crippen MR) is 95.0 cm³/mol. The van der Waals surface area contributed by atoms with Crippen LogP contribution >= 0.6 is 0 Å². The van der Waals surface area contributed by atoms with Crippen molar-refractivity contribution in [2.24, 2.45) is 0 Å². The van der Waals surface area contributed by atoms with Crippen LogP contribution in [0.1, 0.15) is 43.4 Å². The van der Waals surface area contributed by atoms with Crippen molar-refractivity contribution >= 4 is 11.3 Å². The van der Waals surface area contributed by atoms with Gasteiger partial charge in [-0.3, -0.25) is 0 Å². The Hall–Kier alpha value is -2.22. The van der Waals surface area contributed by atoms with Gasteiger partial charge in [0.25, 0.3) is 0 Å². The maximum Gasteiger partial charge on any atom is 0.0444 e. The first-order chi connectivity index (χ1) is 10.7. The standard InChI is InChI=1S/C20H24N2/c1-4-14(3)19-13-16(11-12-22(19)5-2)18-10-9-15-7-6-8-17(15)20(18)21/h5,9-13H,2,4,6-8,21H2,1,3H3. The zero-order valence-electron chi connectivity index (χ0n) is 13.5. The Morgan fingerprint density at radius 3 is 2.91 bits per heavy atom. The minimum absolute atomic E-state index is 0.964. The molecule has 2 aliphatic rings. The van der Waals surface area contributed by atoms with E-state index in [4.69, 9.17) is 5.73 Å². The van der Waals surface area contributed by atoms with E-state index in [9.17, 15) is 0 Å². The number of benzene rings is 1. The summed E-state index contributed by atoms with van der Waals surface area (Å²) >= 11 is 0.